The van der Waals surface area contributed by atoms with Gasteiger partial charge < -0.3 is 9.84 Å². The number of benzene rings is 2. The normalized spacial score (nSPS) is 15.4. The number of carbonyl (C=O) groups excluding carboxylic acids is 1. The maximum atomic E-state index is 12.3. The van der Waals surface area contributed by atoms with Crippen LogP contribution >= 0.6 is 11.8 Å². The highest BCUT2D eigenvalue weighted by Crippen LogP contribution is 2.42. The Morgan fingerprint density at radius 1 is 1.15 bits per heavy atom. The average Bonchev–Trinajstić information content (AvgIpc) is 2.78. The Labute approximate surface area is 120 Å². The molecule has 0 saturated heterocycles. The lowest BCUT2D eigenvalue weighted by Crippen LogP contribution is -1.94. The van der Waals surface area contributed by atoms with Crippen LogP contribution in [0.2, 0.25) is 0 Å². The molecular formula is C16H12O3S. The molecule has 0 amide bonds. The summed E-state index contributed by atoms with van der Waals surface area (Å²) >= 11 is 1.42. The van der Waals surface area contributed by atoms with Crippen LogP contribution in [0, 0.1) is 0 Å². The fraction of sp³-hybridized carbons (Fsp3) is 0.0625. The number of fused-ring (bicyclic) bond motifs is 1. The summed E-state index contributed by atoms with van der Waals surface area (Å²) in [4.78, 5) is 13.8. The van der Waals surface area contributed by atoms with Crippen LogP contribution in [0.15, 0.2) is 52.3 Å². The van der Waals surface area contributed by atoms with Crippen molar-refractivity contribution >= 4 is 23.6 Å². The van der Waals surface area contributed by atoms with Crippen LogP contribution in [0.4, 0.5) is 0 Å². The second-order valence-corrected chi connectivity index (χ2v) is 5.42. The number of phenols is 1. The van der Waals surface area contributed by atoms with E-state index in [0.29, 0.717) is 21.8 Å². The van der Waals surface area contributed by atoms with Gasteiger partial charge in [-0.3, -0.25) is 4.79 Å². The number of allylic oxidation sites excluding steroid dienone is 1. The molecule has 0 aliphatic carbocycles. The average molecular weight is 284 g/mol. The number of para-hydroxylation sites is 1. The fourth-order valence-electron chi connectivity index (χ4n) is 2.10. The zero-order valence-electron chi connectivity index (χ0n) is 10.8. The van der Waals surface area contributed by atoms with Gasteiger partial charge in [-0.15, -0.1) is 0 Å². The van der Waals surface area contributed by atoms with Gasteiger partial charge in [-0.2, -0.15) is 0 Å². The van der Waals surface area contributed by atoms with E-state index in [9.17, 15) is 9.90 Å². The molecule has 100 valence electrons. The lowest BCUT2D eigenvalue weighted by molar-refractivity contribution is 0.104. The number of Topliss-reactive ketones (excluding diaryl/α,β-unsaturated/α-hetero) is 1. The van der Waals surface area contributed by atoms with Gasteiger partial charge in [0.05, 0.1) is 12.0 Å². The van der Waals surface area contributed by atoms with Crippen molar-refractivity contribution in [1.82, 2.24) is 0 Å². The molecule has 1 aliphatic heterocycles. The molecular weight excluding hydrogens is 272 g/mol. The molecule has 0 saturated carbocycles. The number of rotatable bonds is 2. The van der Waals surface area contributed by atoms with Crippen LogP contribution in [0.5, 0.6) is 11.5 Å². The predicted molar refractivity (Wildman–Crippen MR) is 79.3 cm³/mol. The van der Waals surface area contributed by atoms with Crippen LogP contribution in [-0.4, -0.2) is 18.0 Å². The summed E-state index contributed by atoms with van der Waals surface area (Å²) < 4.78 is 5.07. The second kappa shape index (κ2) is 5.06. The third-order valence-corrected chi connectivity index (χ3v) is 4.21. The standard InChI is InChI=1S/C16H12O3S/c1-19-12-7-4-5-10(15(12)17)9-14-16(18)11-6-2-3-8-13(11)20-14/h2-9,17H,1H3. The molecule has 3 nitrogen and oxygen atoms in total. The van der Waals surface area contributed by atoms with E-state index >= 15 is 0 Å². The van der Waals surface area contributed by atoms with Crippen LogP contribution in [-0.2, 0) is 0 Å². The quantitative estimate of drug-likeness (QED) is 0.854. The first-order valence-corrected chi connectivity index (χ1v) is 6.91. The smallest absolute Gasteiger partial charge is 0.200 e. The van der Waals surface area contributed by atoms with E-state index in [4.69, 9.17) is 4.74 Å². The number of ether oxygens (including phenoxy) is 1. The predicted octanol–water partition coefficient (Wildman–Crippen LogP) is 3.73. The van der Waals surface area contributed by atoms with Gasteiger partial charge in [-0.05, 0) is 24.3 Å². The molecule has 2 aromatic carbocycles. The first kappa shape index (κ1) is 12.8. The number of carbonyl (C=O) groups is 1. The van der Waals surface area contributed by atoms with Crippen molar-refractivity contribution in [2.75, 3.05) is 7.11 Å². The lowest BCUT2D eigenvalue weighted by Gasteiger charge is -2.05. The summed E-state index contributed by atoms with van der Waals surface area (Å²) in [6, 6.07) is 12.7. The van der Waals surface area contributed by atoms with Crippen molar-refractivity contribution in [2.45, 2.75) is 4.90 Å². The zero-order chi connectivity index (χ0) is 14.1. The van der Waals surface area contributed by atoms with Gasteiger partial charge in [0.1, 0.15) is 0 Å². The van der Waals surface area contributed by atoms with Crippen LogP contribution in [0.3, 0.4) is 0 Å². The maximum absolute atomic E-state index is 12.3. The molecule has 3 rings (SSSR count). The third kappa shape index (κ3) is 2.08. The summed E-state index contributed by atoms with van der Waals surface area (Å²) in [6.45, 7) is 0. The lowest BCUT2D eigenvalue weighted by atomic mass is 10.1. The number of hydrogen-bond acceptors (Lipinski definition) is 4. The minimum atomic E-state index is -0.00665. The first-order valence-electron chi connectivity index (χ1n) is 6.10. The molecule has 0 atom stereocenters. The van der Waals surface area contributed by atoms with Gasteiger partial charge in [0.25, 0.3) is 0 Å². The summed E-state index contributed by atoms with van der Waals surface area (Å²) in [5, 5.41) is 10.1. The fourth-order valence-corrected chi connectivity index (χ4v) is 3.14. The molecule has 0 spiro atoms. The second-order valence-electron chi connectivity index (χ2n) is 4.33. The van der Waals surface area contributed by atoms with E-state index in [1.54, 1.807) is 24.3 Å². The molecule has 0 fully saturated rings. The number of aromatic hydroxyl groups is 1. The topological polar surface area (TPSA) is 46.5 Å². The molecule has 0 bridgehead atoms. The molecule has 20 heavy (non-hydrogen) atoms. The highest BCUT2D eigenvalue weighted by Gasteiger charge is 2.25. The molecule has 1 heterocycles. The Bertz CT molecular complexity index is 719. The van der Waals surface area contributed by atoms with Gasteiger partial charge in [-0.25, -0.2) is 0 Å². The minimum Gasteiger partial charge on any atom is -0.504 e. The first-order chi connectivity index (χ1) is 9.70. The van der Waals surface area contributed by atoms with E-state index in [2.05, 4.69) is 0 Å². The zero-order valence-corrected chi connectivity index (χ0v) is 11.6. The molecule has 0 unspecified atom stereocenters. The maximum Gasteiger partial charge on any atom is 0.200 e. The monoisotopic (exact) mass is 284 g/mol. The molecule has 1 aliphatic rings. The Morgan fingerprint density at radius 2 is 1.95 bits per heavy atom. The minimum absolute atomic E-state index is 0.00665. The summed E-state index contributed by atoms with van der Waals surface area (Å²) in [5.41, 5.74) is 1.29. The van der Waals surface area contributed by atoms with Crippen LogP contribution in [0.1, 0.15) is 15.9 Å². The van der Waals surface area contributed by atoms with Crippen molar-refractivity contribution in [3.8, 4) is 11.5 Å². The largest absolute Gasteiger partial charge is 0.504 e. The number of ketones is 1. The molecule has 0 aromatic heterocycles. The Kier molecular flexibility index (Phi) is 3.24. The van der Waals surface area contributed by atoms with E-state index in [-0.39, 0.29) is 11.5 Å². The highest BCUT2D eigenvalue weighted by atomic mass is 32.2. The highest BCUT2D eigenvalue weighted by molar-refractivity contribution is 8.04. The van der Waals surface area contributed by atoms with Crippen LogP contribution in [0.25, 0.3) is 6.08 Å². The number of phenolic OH excluding ortho intramolecular Hbond substituents is 1. The van der Waals surface area contributed by atoms with E-state index < -0.39 is 0 Å². The van der Waals surface area contributed by atoms with Crippen molar-refractivity contribution < 1.29 is 14.6 Å². The van der Waals surface area contributed by atoms with Gasteiger partial charge in [0, 0.05) is 16.0 Å². The van der Waals surface area contributed by atoms with Crippen LogP contribution < -0.4 is 4.74 Å². The third-order valence-electron chi connectivity index (χ3n) is 3.11. The van der Waals surface area contributed by atoms with E-state index in [1.165, 1.54) is 18.9 Å². The van der Waals surface area contributed by atoms with Crippen molar-refractivity contribution in [3.05, 3.63) is 58.5 Å². The molecule has 4 heteroatoms. The van der Waals surface area contributed by atoms with Gasteiger partial charge in [-0.1, -0.05) is 36.0 Å². The SMILES string of the molecule is COc1cccc(C=C2Sc3ccccc3C2=O)c1O. The Hall–Kier alpha value is -2.20. The summed E-state index contributed by atoms with van der Waals surface area (Å²) in [5.74, 6) is 0.437. The van der Waals surface area contributed by atoms with Gasteiger partial charge in [0.15, 0.2) is 11.5 Å². The summed E-state index contributed by atoms with van der Waals surface area (Å²) in [6.07, 6.45) is 1.70. The van der Waals surface area contributed by atoms with Gasteiger partial charge in [0.2, 0.25) is 5.78 Å². The van der Waals surface area contributed by atoms with Crippen molar-refractivity contribution in [3.63, 3.8) is 0 Å². The molecule has 0 radical (unpaired) electrons. The van der Waals surface area contributed by atoms with E-state index in [1.807, 2.05) is 24.3 Å². The summed E-state index contributed by atoms with van der Waals surface area (Å²) in [7, 11) is 1.50. The van der Waals surface area contributed by atoms with Crippen molar-refractivity contribution in [1.29, 1.82) is 0 Å². The number of thioether (sulfide) groups is 1. The van der Waals surface area contributed by atoms with Crippen molar-refractivity contribution in [2.24, 2.45) is 0 Å². The number of methoxy groups -OCH3 is 1. The molecule has 1 N–H and O–H groups in total. The Morgan fingerprint density at radius 3 is 2.70 bits per heavy atom. The molecule has 2 aromatic rings. The Balaban J connectivity index is 2.02. The van der Waals surface area contributed by atoms with E-state index in [0.717, 1.165) is 4.90 Å². The number of hydrogen-bond donors (Lipinski definition) is 1. The van der Waals surface area contributed by atoms with Gasteiger partial charge >= 0.3 is 0 Å².